The van der Waals surface area contributed by atoms with Crippen molar-refractivity contribution in [3.63, 3.8) is 0 Å². The molecular formula is C19H13F4N3O3S2. The van der Waals surface area contributed by atoms with Gasteiger partial charge in [-0.1, -0.05) is 18.2 Å². The Balaban J connectivity index is 1.62. The summed E-state index contributed by atoms with van der Waals surface area (Å²) in [6.07, 6.45) is 2.39. The molecule has 6 nitrogen and oxygen atoms in total. The Morgan fingerprint density at radius 2 is 1.94 bits per heavy atom. The maximum absolute atomic E-state index is 13.8. The Kier molecular flexibility index (Phi) is 7.01. The second kappa shape index (κ2) is 9.52. The quantitative estimate of drug-likeness (QED) is 0.385. The molecule has 1 aliphatic heterocycles. The van der Waals surface area contributed by atoms with Gasteiger partial charge in [0.25, 0.3) is 17.1 Å². The summed E-state index contributed by atoms with van der Waals surface area (Å²) in [5.41, 5.74) is -4.75. The van der Waals surface area contributed by atoms with Gasteiger partial charge in [0.1, 0.15) is 10.8 Å². The Morgan fingerprint density at radius 1 is 1.19 bits per heavy atom. The van der Waals surface area contributed by atoms with Crippen molar-refractivity contribution in [2.45, 2.75) is 10.5 Å². The summed E-state index contributed by atoms with van der Waals surface area (Å²) in [6, 6.07) is 8.25. The molecule has 2 heterocycles. The molecule has 31 heavy (non-hydrogen) atoms. The van der Waals surface area contributed by atoms with Gasteiger partial charge in [-0.25, -0.2) is 9.37 Å². The van der Waals surface area contributed by atoms with E-state index in [1.807, 2.05) is 0 Å². The molecule has 0 aliphatic carbocycles. The van der Waals surface area contributed by atoms with Crippen molar-refractivity contribution in [3.05, 3.63) is 64.4 Å². The molecule has 1 saturated heterocycles. The third-order valence-corrected chi connectivity index (χ3v) is 5.57. The number of amides is 3. The normalized spacial score (nSPS) is 15.6. The molecule has 3 rings (SSSR count). The number of carbonyl (C=O) groups excluding carboxylic acids is 3. The monoisotopic (exact) mass is 471 g/mol. The molecule has 12 heteroatoms. The molecule has 0 spiro atoms. The number of nitrogens with one attached hydrogen (secondary N) is 1. The zero-order valence-corrected chi connectivity index (χ0v) is 17.1. The van der Waals surface area contributed by atoms with Gasteiger partial charge in [-0.15, -0.1) is 0 Å². The van der Waals surface area contributed by atoms with Crippen LogP contribution in [-0.4, -0.2) is 45.5 Å². The van der Waals surface area contributed by atoms with E-state index in [1.165, 1.54) is 36.4 Å². The lowest BCUT2D eigenvalue weighted by molar-refractivity contribution is -0.122. The molecule has 0 atom stereocenters. The van der Waals surface area contributed by atoms with Crippen molar-refractivity contribution in [2.75, 3.05) is 13.1 Å². The molecule has 162 valence electrons. The Labute approximate surface area is 182 Å². The van der Waals surface area contributed by atoms with E-state index in [1.54, 1.807) is 6.07 Å². The summed E-state index contributed by atoms with van der Waals surface area (Å²) in [5.74, 6) is -2.03. The van der Waals surface area contributed by atoms with Gasteiger partial charge >= 0.3 is 5.51 Å². The molecule has 3 amide bonds. The fraction of sp³-hybridized carbons (Fsp3) is 0.158. The first-order valence-electron chi connectivity index (χ1n) is 8.64. The van der Waals surface area contributed by atoms with Gasteiger partial charge in [0.05, 0.1) is 10.5 Å². The smallest absolute Gasteiger partial charge is 0.350 e. The van der Waals surface area contributed by atoms with E-state index in [4.69, 9.17) is 0 Å². The second-order valence-corrected chi connectivity index (χ2v) is 8.06. The maximum Gasteiger partial charge on any atom is 0.447 e. The van der Waals surface area contributed by atoms with Gasteiger partial charge in [-0.05, 0) is 36.0 Å². The highest BCUT2D eigenvalue weighted by Crippen LogP contribution is 2.37. The van der Waals surface area contributed by atoms with Crippen molar-refractivity contribution in [1.82, 2.24) is 15.2 Å². The van der Waals surface area contributed by atoms with Crippen molar-refractivity contribution in [3.8, 4) is 0 Å². The number of benzene rings is 1. The highest BCUT2D eigenvalue weighted by atomic mass is 32.2. The SMILES string of the molecule is O=C(NCCN1C(=O)S/C(=C\c2ccccc2F)C1=O)c1cccnc1SC(F)(F)F. The van der Waals surface area contributed by atoms with E-state index in [0.717, 1.165) is 11.1 Å². The van der Waals surface area contributed by atoms with E-state index in [9.17, 15) is 31.9 Å². The van der Waals surface area contributed by atoms with E-state index >= 15 is 0 Å². The average molecular weight is 471 g/mol. The molecule has 1 fully saturated rings. The second-order valence-electron chi connectivity index (χ2n) is 6.01. The summed E-state index contributed by atoms with van der Waals surface area (Å²) in [6.45, 7) is -0.387. The van der Waals surface area contributed by atoms with Crippen LogP contribution >= 0.6 is 23.5 Å². The predicted octanol–water partition coefficient (Wildman–Crippen LogP) is 4.30. The summed E-state index contributed by atoms with van der Waals surface area (Å²) < 4.78 is 51.6. The first-order chi connectivity index (χ1) is 14.7. The van der Waals surface area contributed by atoms with Gasteiger partial charge in [0.15, 0.2) is 0 Å². The lowest BCUT2D eigenvalue weighted by Crippen LogP contribution is -2.37. The maximum atomic E-state index is 13.8. The molecule has 0 unspecified atom stereocenters. The first-order valence-corrected chi connectivity index (χ1v) is 10.3. The number of carbonyl (C=O) groups is 3. The van der Waals surface area contributed by atoms with Gasteiger partial charge in [0.2, 0.25) is 0 Å². The number of hydrogen-bond donors (Lipinski definition) is 1. The van der Waals surface area contributed by atoms with E-state index < -0.39 is 45.2 Å². The molecule has 1 aromatic heterocycles. The lowest BCUT2D eigenvalue weighted by Gasteiger charge is -2.14. The number of thioether (sulfide) groups is 2. The third-order valence-electron chi connectivity index (χ3n) is 3.91. The van der Waals surface area contributed by atoms with E-state index in [0.29, 0.717) is 11.8 Å². The van der Waals surface area contributed by atoms with Crippen LogP contribution in [0.2, 0.25) is 0 Å². The highest BCUT2D eigenvalue weighted by Gasteiger charge is 2.35. The Morgan fingerprint density at radius 3 is 2.65 bits per heavy atom. The van der Waals surface area contributed by atoms with Crippen LogP contribution in [0.25, 0.3) is 6.08 Å². The number of nitrogens with zero attached hydrogens (tertiary/aromatic N) is 2. The summed E-state index contributed by atoms with van der Waals surface area (Å²) in [5, 5.41) is 1.26. The zero-order valence-electron chi connectivity index (χ0n) is 15.5. The van der Waals surface area contributed by atoms with Gasteiger partial charge in [-0.2, -0.15) is 13.2 Å². The lowest BCUT2D eigenvalue weighted by atomic mass is 10.2. The topological polar surface area (TPSA) is 79.4 Å². The van der Waals surface area contributed by atoms with Crippen LogP contribution in [0.1, 0.15) is 15.9 Å². The fourth-order valence-electron chi connectivity index (χ4n) is 2.56. The average Bonchev–Trinajstić information content (AvgIpc) is 2.96. The molecule has 2 aromatic rings. The standard InChI is InChI=1S/C19H13F4N3O3S2/c20-13-6-2-1-4-11(13)10-14-17(28)26(18(29)30-14)9-8-24-15(27)12-5-3-7-25-16(12)31-19(21,22)23/h1-7,10H,8-9H2,(H,24,27)/b14-10-. The van der Waals surface area contributed by atoms with Crippen molar-refractivity contribution in [2.24, 2.45) is 0 Å². The summed E-state index contributed by atoms with van der Waals surface area (Å²) in [4.78, 5) is 41.3. The molecule has 0 bridgehead atoms. The number of aromatic nitrogens is 1. The van der Waals surface area contributed by atoms with Crippen molar-refractivity contribution in [1.29, 1.82) is 0 Å². The first kappa shape index (κ1) is 22.8. The summed E-state index contributed by atoms with van der Waals surface area (Å²) in [7, 11) is 0. The molecule has 0 radical (unpaired) electrons. The van der Waals surface area contributed by atoms with Crippen LogP contribution in [0.4, 0.5) is 22.4 Å². The predicted molar refractivity (Wildman–Crippen MR) is 108 cm³/mol. The summed E-state index contributed by atoms with van der Waals surface area (Å²) >= 11 is 0.116. The number of imide groups is 1. The van der Waals surface area contributed by atoms with Gasteiger partial charge in [0, 0.05) is 36.6 Å². The molecule has 1 aliphatic rings. The van der Waals surface area contributed by atoms with Crippen molar-refractivity contribution < 1.29 is 31.9 Å². The fourth-order valence-corrected chi connectivity index (χ4v) is 4.02. The van der Waals surface area contributed by atoms with Crippen LogP contribution in [0.3, 0.4) is 0 Å². The Hall–Kier alpha value is -2.86. The van der Waals surface area contributed by atoms with Gasteiger partial charge < -0.3 is 5.32 Å². The number of alkyl halides is 3. The van der Waals surface area contributed by atoms with Crippen LogP contribution in [0.15, 0.2) is 52.5 Å². The molecule has 1 aromatic carbocycles. The highest BCUT2D eigenvalue weighted by molar-refractivity contribution is 8.18. The van der Waals surface area contributed by atoms with E-state index in [2.05, 4.69) is 10.3 Å². The van der Waals surface area contributed by atoms with Gasteiger partial charge in [-0.3, -0.25) is 19.3 Å². The number of rotatable bonds is 6. The third kappa shape index (κ3) is 5.85. The minimum absolute atomic E-state index is 0.0255. The largest absolute Gasteiger partial charge is 0.447 e. The number of hydrogen-bond acceptors (Lipinski definition) is 6. The van der Waals surface area contributed by atoms with Crippen LogP contribution in [0.5, 0.6) is 0 Å². The van der Waals surface area contributed by atoms with Crippen LogP contribution in [0, 0.1) is 5.82 Å². The molecular weight excluding hydrogens is 458 g/mol. The van der Waals surface area contributed by atoms with Crippen LogP contribution in [-0.2, 0) is 4.79 Å². The van der Waals surface area contributed by atoms with E-state index in [-0.39, 0.29) is 29.1 Å². The minimum atomic E-state index is -4.62. The number of pyridine rings is 1. The molecule has 0 saturated carbocycles. The number of halogens is 4. The van der Waals surface area contributed by atoms with Crippen molar-refractivity contribution >= 4 is 46.7 Å². The Bertz CT molecular complexity index is 1060. The minimum Gasteiger partial charge on any atom is -0.350 e. The van der Waals surface area contributed by atoms with Crippen LogP contribution < -0.4 is 5.32 Å². The molecule has 1 N–H and O–H groups in total. The zero-order chi connectivity index (χ0) is 22.6.